The first-order valence-electron chi connectivity index (χ1n) is 6.29. The number of nitrogens with two attached hydrogens (primary N) is 1. The molecule has 0 atom stereocenters. The lowest BCUT2D eigenvalue weighted by Crippen LogP contribution is -2.16. The third kappa shape index (κ3) is 2.85. The van der Waals surface area contributed by atoms with Crippen molar-refractivity contribution in [1.29, 1.82) is 0 Å². The van der Waals surface area contributed by atoms with E-state index in [4.69, 9.17) is 10.5 Å². The van der Waals surface area contributed by atoms with E-state index in [2.05, 4.69) is 10.2 Å². The Morgan fingerprint density at radius 2 is 2.14 bits per heavy atom. The fourth-order valence-corrected chi connectivity index (χ4v) is 2.76. The molecule has 2 aromatic rings. The van der Waals surface area contributed by atoms with Gasteiger partial charge in [0, 0.05) is 5.92 Å². The smallest absolute Gasteiger partial charge is 0.254 e. The van der Waals surface area contributed by atoms with E-state index in [1.165, 1.54) is 11.3 Å². The number of halogens is 2. The minimum absolute atomic E-state index is 0.00510. The lowest BCUT2D eigenvalue weighted by Gasteiger charge is -2.08. The zero-order valence-electron chi connectivity index (χ0n) is 10.8. The molecule has 1 aromatic carbocycles. The number of primary amides is 1. The van der Waals surface area contributed by atoms with Crippen LogP contribution in [-0.4, -0.2) is 16.1 Å². The van der Waals surface area contributed by atoms with Crippen LogP contribution in [0.5, 0.6) is 5.75 Å². The predicted octanol–water partition coefficient (Wildman–Crippen LogP) is 2.37. The molecule has 21 heavy (non-hydrogen) atoms. The number of ether oxygens (including phenoxy) is 1. The molecule has 110 valence electrons. The molecule has 0 bridgehead atoms. The molecular weight excluding hydrogens is 300 g/mol. The summed E-state index contributed by atoms with van der Waals surface area (Å²) < 4.78 is 32.5. The Bertz CT molecular complexity index is 701. The number of nitrogens with zero attached hydrogens (tertiary/aromatic N) is 2. The van der Waals surface area contributed by atoms with E-state index in [-0.39, 0.29) is 12.4 Å². The first kappa shape index (κ1) is 13.9. The van der Waals surface area contributed by atoms with Crippen LogP contribution in [0.15, 0.2) is 12.1 Å². The zero-order chi connectivity index (χ0) is 15.0. The van der Waals surface area contributed by atoms with Gasteiger partial charge in [0.1, 0.15) is 23.0 Å². The molecule has 1 aliphatic carbocycles. The average molecular weight is 311 g/mol. The van der Waals surface area contributed by atoms with Crippen LogP contribution >= 0.6 is 11.3 Å². The Kier molecular flexibility index (Phi) is 3.54. The van der Waals surface area contributed by atoms with Crippen LogP contribution in [0.4, 0.5) is 8.78 Å². The fourth-order valence-electron chi connectivity index (χ4n) is 1.83. The summed E-state index contributed by atoms with van der Waals surface area (Å²) in [5, 5.41) is 9.53. The van der Waals surface area contributed by atoms with E-state index in [1.54, 1.807) is 0 Å². The van der Waals surface area contributed by atoms with E-state index < -0.39 is 23.1 Å². The Labute approximate surface area is 122 Å². The van der Waals surface area contributed by atoms with Gasteiger partial charge < -0.3 is 10.5 Å². The number of benzene rings is 1. The minimum atomic E-state index is -1.18. The van der Waals surface area contributed by atoms with E-state index in [0.717, 1.165) is 30.0 Å². The quantitative estimate of drug-likeness (QED) is 0.919. The predicted molar refractivity (Wildman–Crippen MR) is 71.1 cm³/mol. The van der Waals surface area contributed by atoms with Gasteiger partial charge in [0.15, 0.2) is 16.6 Å². The molecule has 1 saturated carbocycles. The Morgan fingerprint density at radius 3 is 2.81 bits per heavy atom. The molecule has 2 N–H and O–H groups in total. The summed E-state index contributed by atoms with van der Waals surface area (Å²) >= 11 is 1.41. The monoisotopic (exact) mass is 311 g/mol. The van der Waals surface area contributed by atoms with Gasteiger partial charge >= 0.3 is 0 Å². The van der Waals surface area contributed by atoms with E-state index in [1.807, 2.05) is 0 Å². The fraction of sp³-hybridized carbons (Fsp3) is 0.308. The summed E-state index contributed by atoms with van der Waals surface area (Å²) in [6.45, 7) is 0.00510. The van der Waals surface area contributed by atoms with Crippen LogP contribution in [0.3, 0.4) is 0 Å². The Balaban J connectivity index is 1.75. The van der Waals surface area contributed by atoms with Crippen molar-refractivity contribution < 1.29 is 18.3 Å². The number of aromatic nitrogens is 2. The van der Waals surface area contributed by atoms with Gasteiger partial charge in [-0.2, -0.15) is 0 Å². The number of amides is 1. The molecule has 0 aliphatic heterocycles. The SMILES string of the molecule is NC(=O)c1c(F)ccc(OCc2nnc(C3CC3)s2)c1F. The van der Waals surface area contributed by atoms with Gasteiger partial charge in [-0.05, 0) is 25.0 Å². The molecule has 0 unspecified atom stereocenters. The van der Waals surface area contributed by atoms with Crippen LogP contribution in [0, 0.1) is 11.6 Å². The average Bonchev–Trinajstić information content (AvgIpc) is 3.17. The summed E-state index contributed by atoms with van der Waals surface area (Å²) in [4.78, 5) is 11.0. The molecule has 5 nitrogen and oxygen atoms in total. The lowest BCUT2D eigenvalue weighted by atomic mass is 10.2. The summed E-state index contributed by atoms with van der Waals surface area (Å²) in [6, 6.07) is 2.05. The van der Waals surface area contributed by atoms with Crippen molar-refractivity contribution in [3.63, 3.8) is 0 Å². The van der Waals surface area contributed by atoms with Gasteiger partial charge in [0.2, 0.25) is 0 Å². The second kappa shape index (κ2) is 5.36. The minimum Gasteiger partial charge on any atom is -0.483 e. The summed E-state index contributed by atoms with van der Waals surface area (Å²) in [5.41, 5.74) is 4.14. The van der Waals surface area contributed by atoms with Crippen LogP contribution in [0.1, 0.15) is 39.1 Å². The second-order valence-corrected chi connectivity index (χ2v) is 5.79. The van der Waals surface area contributed by atoms with Gasteiger partial charge in [-0.15, -0.1) is 10.2 Å². The number of hydrogen-bond donors (Lipinski definition) is 1. The third-order valence-corrected chi connectivity index (χ3v) is 4.12. The number of carbonyl (C=O) groups excluding carboxylic acids is 1. The molecule has 1 amide bonds. The standard InChI is InChI=1S/C13H11F2N3O2S/c14-7-3-4-8(11(15)10(7)12(16)19)20-5-9-17-18-13(21-9)6-1-2-6/h3-4,6H,1-2,5H2,(H2,16,19). The van der Waals surface area contributed by atoms with Crippen LogP contribution in [0.2, 0.25) is 0 Å². The van der Waals surface area contributed by atoms with Crippen molar-refractivity contribution in [2.24, 2.45) is 5.73 Å². The first-order chi connectivity index (χ1) is 10.1. The van der Waals surface area contributed by atoms with Crippen molar-refractivity contribution in [2.45, 2.75) is 25.4 Å². The topological polar surface area (TPSA) is 78.1 Å². The number of carbonyl (C=O) groups is 1. The normalized spacial score (nSPS) is 14.2. The maximum absolute atomic E-state index is 13.9. The molecular formula is C13H11F2N3O2S. The van der Waals surface area contributed by atoms with Gasteiger partial charge in [-0.3, -0.25) is 4.79 Å². The summed E-state index contributed by atoms with van der Waals surface area (Å²) in [5.74, 6) is -3.05. The highest BCUT2D eigenvalue weighted by atomic mass is 32.1. The molecule has 8 heteroatoms. The van der Waals surface area contributed by atoms with Gasteiger partial charge in [-0.1, -0.05) is 11.3 Å². The molecule has 1 aliphatic rings. The van der Waals surface area contributed by atoms with Crippen molar-refractivity contribution in [2.75, 3.05) is 0 Å². The van der Waals surface area contributed by atoms with E-state index in [0.29, 0.717) is 10.9 Å². The van der Waals surface area contributed by atoms with Crippen LogP contribution in [-0.2, 0) is 6.61 Å². The lowest BCUT2D eigenvalue weighted by molar-refractivity contribution is 0.0991. The van der Waals surface area contributed by atoms with Crippen molar-refractivity contribution in [3.8, 4) is 5.75 Å². The summed E-state index contributed by atoms with van der Waals surface area (Å²) in [6.07, 6.45) is 2.23. The highest BCUT2D eigenvalue weighted by molar-refractivity contribution is 7.11. The van der Waals surface area contributed by atoms with Crippen molar-refractivity contribution in [3.05, 3.63) is 39.3 Å². The highest BCUT2D eigenvalue weighted by Gasteiger charge is 2.27. The second-order valence-electron chi connectivity index (χ2n) is 4.70. The molecule has 1 fully saturated rings. The van der Waals surface area contributed by atoms with Gasteiger partial charge in [0.05, 0.1) is 0 Å². The Hall–Kier alpha value is -2.09. The molecule has 0 radical (unpaired) electrons. The largest absolute Gasteiger partial charge is 0.483 e. The third-order valence-electron chi connectivity index (χ3n) is 3.06. The number of rotatable bonds is 5. The number of hydrogen-bond acceptors (Lipinski definition) is 5. The van der Waals surface area contributed by atoms with Crippen molar-refractivity contribution in [1.82, 2.24) is 10.2 Å². The maximum atomic E-state index is 13.9. The summed E-state index contributed by atoms with van der Waals surface area (Å²) in [7, 11) is 0. The van der Waals surface area contributed by atoms with Crippen molar-refractivity contribution >= 4 is 17.2 Å². The molecule has 1 aromatic heterocycles. The van der Waals surface area contributed by atoms with E-state index in [9.17, 15) is 13.6 Å². The Morgan fingerprint density at radius 1 is 1.38 bits per heavy atom. The molecule has 0 saturated heterocycles. The molecule has 1 heterocycles. The van der Waals surface area contributed by atoms with Gasteiger partial charge in [-0.25, -0.2) is 8.78 Å². The van der Waals surface area contributed by atoms with Crippen LogP contribution < -0.4 is 10.5 Å². The van der Waals surface area contributed by atoms with Gasteiger partial charge in [0.25, 0.3) is 5.91 Å². The zero-order valence-corrected chi connectivity index (χ0v) is 11.6. The molecule has 0 spiro atoms. The molecule has 3 rings (SSSR count). The first-order valence-corrected chi connectivity index (χ1v) is 7.10. The highest BCUT2D eigenvalue weighted by Crippen LogP contribution is 2.41. The van der Waals surface area contributed by atoms with Crippen LogP contribution in [0.25, 0.3) is 0 Å². The maximum Gasteiger partial charge on any atom is 0.254 e. The van der Waals surface area contributed by atoms with E-state index >= 15 is 0 Å².